The molecule has 458 valence electrons. The molecule has 0 N–H and O–H groups in total. The summed E-state index contributed by atoms with van der Waals surface area (Å²) in [6.07, 6.45) is 83.1. The summed E-state index contributed by atoms with van der Waals surface area (Å²) in [5.41, 5.74) is 0. The SMILES string of the molecule is CCCCCCC/C=C\C/C=C\C/C=C\CCCCCCCCCCCCCCC(=O)OCC(COC(=O)CCCCCCCCCCCCCCCC)OC(=O)CCCCCCCCCCCCCCCCCCCCC. The Hall–Kier alpha value is -2.37. The third kappa shape index (κ3) is 64.5. The lowest BCUT2D eigenvalue weighted by Gasteiger charge is -2.18. The second-order valence-electron chi connectivity index (χ2n) is 23.8. The molecule has 6 heteroatoms. The molecular formula is C72H134O6. The first kappa shape index (κ1) is 75.6. The van der Waals surface area contributed by atoms with Gasteiger partial charge in [-0.25, -0.2) is 0 Å². The molecule has 0 bridgehead atoms. The van der Waals surface area contributed by atoms with Gasteiger partial charge in [-0.1, -0.05) is 346 Å². The summed E-state index contributed by atoms with van der Waals surface area (Å²) in [5.74, 6) is -0.837. The highest BCUT2D eigenvalue weighted by atomic mass is 16.6. The average molecular weight is 1100 g/mol. The summed E-state index contributed by atoms with van der Waals surface area (Å²) >= 11 is 0. The molecule has 6 nitrogen and oxygen atoms in total. The monoisotopic (exact) mass is 1100 g/mol. The van der Waals surface area contributed by atoms with Crippen molar-refractivity contribution in [2.24, 2.45) is 0 Å². The quantitative estimate of drug-likeness (QED) is 0.0261. The van der Waals surface area contributed by atoms with Gasteiger partial charge in [0.25, 0.3) is 0 Å². The van der Waals surface area contributed by atoms with Crippen molar-refractivity contribution in [3.8, 4) is 0 Å². The fourth-order valence-electron chi connectivity index (χ4n) is 10.6. The van der Waals surface area contributed by atoms with Gasteiger partial charge in [0.15, 0.2) is 6.10 Å². The van der Waals surface area contributed by atoms with Crippen LogP contribution in [0.15, 0.2) is 36.5 Å². The zero-order chi connectivity index (χ0) is 56.4. The van der Waals surface area contributed by atoms with Crippen LogP contribution in [0.25, 0.3) is 0 Å². The van der Waals surface area contributed by atoms with Crippen molar-refractivity contribution >= 4 is 17.9 Å². The lowest BCUT2D eigenvalue weighted by atomic mass is 10.0. The minimum atomic E-state index is -0.769. The molecule has 1 atom stereocenters. The average Bonchev–Trinajstić information content (AvgIpc) is 3.44. The molecule has 0 aromatic carbocycles. The topological polar surface area (TPSA) is 78.9 Å². The van der Waals surface area contributed by atoms with Gasteiger partial charge in [0.05, 0.1) is 0 Å². The number of allylic oxidation sites excluding steroid dienone is 6. The van der Waals surface area contributed by atoms with Crippen molar-refractivity contribution in [1.82, 2.24) is 0 Å². The number of unbranched alkanes of at least 4 members (excludes halogenated alkanes) is 48. The van der Waals surface area contributed by atoms with E-state index in [1.807, 2.05) is 0 Å². The molecule has 0 saturated heterocycles. The number of hydrogen-bond donors (Lipinski definition) is 0. The van der Waals surface area contributed by atoms with E-state index in [9.17, 15) is 14.4 Å². The van der Waals surface area contributed by atoms with E-state index in [4.69, 9.17) is 14.2 Å². The van der Waals surface area contributed by atoms with Gasteiger partial charge in [-0.05, 0) is 57.8 Å². The molecule has 0 aliphatic carbocycles. The van der Waals surface area contributed by atoms with Gasteiger partial charge in [-0.3, -0.25) is 14.4 Å². The molecule has 0 saturated carbocycles. The molecule has 1 unspecified atom stereocenters. The minimum Gasteiger partial charge on any atom is -0.462 e. The molecule has 0 aliphatic rings. The second kappa shape index (κ2) is 67.1. The third-order valence-corrected chi connectivity index (χ3v) is 15.9. The molecule has 0 spiro atoms. The zero-order valence-electron chi connectivity index (χ0n) is 52.7. The van der Waals surface area contributed by atoms with Crippen molar-refractivity contribution in [3.63, 3.8) is 0 Å². The zero-order valence-corrected chi connectivity index (χ0v) is 52.7. The molecule has 0 aromatic rings. The molecule has 0 rings (SSSR count). The Morgan fingerprint density at radius 1 is 0.256 bits per heavy atom. The maximum Gasteiger partial charge on any atom is 0.306 e. The van der Waals surface area contributed by atoms with E-state index in [0.29, 0.717) is 19.3 Å². The Balaban J connectivity index is 4.24. The van der Waals surface area contributed by atoms with Crippen molar-refractivity contribution in [2.45, 2.75) is 393 Å². The number of carbonyl (C=O) groups excluding carboxylic acids is 3. The first-order valence-corrected chi connectivity index (χ1v) is 35.0. The summed E-state index contributed by atoms with van der Waals surface area (Å²) in [7, 11) is 0. The molecule has 0 amide bonds. The fourth-order valence-corrected chi connectivity index (χ4v) is 10.6. The predicted octanol–water partition coefficient (Wildman–Crippen LogP) is 23.9. The molecule has 0 aromatic heterocycles. The molecule has 0 radical (unpaired) electrons. The number of rotatable bonds is 65. The number of ether oxygens (including phenoxy) is 3. The summed E-state index contributed by atoms with van der Waals surface area (Å²) in [6.45, 7) is 6.70. The maximum absolute atomic E-state index is 12.9. The fraction of sp³-hybridized carbons (Fsp3) is 0.875. The number of hydrogen-bond acceptors (Lipinski definition) is 6. The van der Waals surface area contributed by atoms with E-state index in [-0.39, 0.29) is 31.1 Å². The smallest absolute Gasteiger partial charge is 0.306 e. The van der Waals surface area contributed by atoms with Crippen LogP contribution < -0.4 is 0 Å². The van der Waals surface area contributed by atoms with Crippen LogP contribution in [0.3, 0.4) is 0 Å². The molecule has 78 heavy (non-hydrogen) atoms. The van der Waals surface area contributed by atoms with E-state index in [1.54, 1.807) is 0 Å². The first-order valence-electron chi connectivity index (χ1n) is 35.0. The van der Waals surface area contributed by atoms with Crippen LogP contribution >= 0.6 is 0 Å². The Morgan fingerprint density at radius 2 is 0.462 bits per heavy atom. The van der Waals surface area contributed by atoms with E-state index < -0.39 is 6.10 Å². The minimum absolute atomic E-state index is 0.0659. The summed E-state index contributed by atoms with van der Waals surface area (Å²) in [6, 6.07) is 0. The van der Waals surface area contributed by atoms with E-state index in [1.165, 1.54) is 276 Å². The van der Waals surface area contributed by atoms with Gasteiger partial charge < -0.3 is 14.2 Å². The normalized spacial score (nSPS) is 12.2. The highest BCUT2D eigenvalue weighted by molar-refractivity contribution is 5.71. The second-order valence-corrected chi connectivity index (χ2v) is 23.8. The maximum atomic E-state index is 12.9. The van der Waals surface area contributed by atoms with Crippen LogP contribution in [-0.2, 0) is 28.6 Å². The Morgan fingerprint density at radius 3 is 0.718 bits per heavy atom. The number of esters is 3. The van der Waals surface area contributed by atoms with E-state index >= 15 is 0 Å². The van der Waals surface area contributed by atoms with Crippen LogP contribution in [0.2, 0.25) is 0 Å². The Labute approximate surface area is 486 Å². The summed E-state index contributed by atoms with van der Waals surface area (Å²) < 4.78 is 17.0. The van der Waals surface area contributed by atoms with Crippen molar-refractivity contribution < 1.29 is 28.6 Å². The van der Waals surface area contributed by atoms with Crippen LogP contribution in [0.1, 0.15) is 387 Å². The lowest BCUT2D eigenvalue weighted by Crippen LogP contribution is -2.30. The highest BCUT2D eigenvalue weighted by Crippen LogP contribution is 2.18. The van der Waals surface area contributed by atoms with Gasteiger partial charge in [0.2, 0.25) is 0 Å². The van der Waals surface area contributed by atoms with Gasteiger partial charge in [-0.15, -0.1) is 0 Å². The van der Waals surface area contributed by atoms with E-state index in [2.05, 4.69) is 57.2 Å². The van der Waals surface area contributed by atoms with Gasteiger partial charge >= 0.3 is 17.9 Å². The van der Waals surface area contributed by atoms with Gasteiger partial charge in [-0.2, -0.15) is 0 Å². The summed E-state index contributed by atoms with van der Waals surface area (Å²) in [5, 5.41) is 0. The standard InChI is InChI=1S/C72H134O6/c1-4-7-10-13-16-19-22-25-28-30-32-33-34-35-36-37-38-39-41-42-44-47-50-53-56-59-62-65-71(74)77-68-69(67-76-70(73)64-61-58-55-52-49-46-27-24-21-18-15-12-9-6-3)78-72(75)66-63-60-57-54-51-48-45-43-40-31-29-26-23-20-17-14-11-8-5-2/h22,25,30,32,34-35,69H,4-21,23-24,26-29,31,33,36-68H2,1-3H3/b25-22-,32-30-,35-34-. The van der Waals surface area contributed by atoms with Crippen molar-refractivity contribution in [2.75, 3.05) is 13.2 Å². The molecule has 0 heterocycles. The van der Waals surface area contributed by atoms with E-state index in [0.717, 1.165) is 70.6 Å². The van der Waals surface area contributed by atoms with Crippen LogP contribution in [0.5, 0.6) is 0 Å². The van der Waals surface area contributed by atoms with Crippen molar-refractivity contribution in [1.29, 1.82) is 0 Å². The molecule has 0 fully saturated rings. The number of carbonyl (C=O) groups is 3. The first-order chi connectivity index (χ1) is 38.5. The van der Waals surface area contributed by atoms with Crippen molar-refractivity contribution in [3.05, 3.63) is 36.5 Å². The summed E-state index contributed by atoms with van der Waals surface area (Å²) in [4.78, 5) is 38.4. The van der Waals surface area contributed by atoms with Crippen LogP contribution in [-0.4, -0.2) is 37.2 Å². The highest BCUT2D eigenvalue weighted by Gasteiger charge is 2.19. The Bertz CT molecular complexity index is 1300. The van der Waals surface area contributed by atoms with Gasteiger partial charge in [0, 0.05) is 19.3 Å². The predicted molar refractivity (Wildman–Crippen MR) is 339 cm³/mol. The van der Waals surface area contributed by atoms with Gasteiger partial charge in [0.1, 0.15) is 13.2 Å². The molecular weight excluding hydrogens is 961 g/mol. The Kier molecular flexibility index (Phi) is 65.1. The van der Waals surface area contributed by atoms with Crippen LogP contribution in [0, 0.1) is 0 Å². The largest absolute Gasteiger partial charge is 0.462 e. The van der Waals surface area contributed by atoms with Crippen LogP contribution in [0.4, 0.5) is 0 Å². The molecule has 0 aliphatic heterocycles. The lowest BCUT2D eigenvalue weighted by molar-refractivity contribution is -0.167. The third-order valence-electron chi connectivity index (χ3n) is 15.9.